The first kappa shape index (κ1) is 27.2. The van der Waals surface area contributed by atoms with E-state index in [0.717, 1.165) is 5.41 Å². The van der Waals surface area contributed by atoms with Crippen LogP contribution in [0.1, 0.15) is 11.1 Å². The second-order valence-electron chi connectivity index (χ2n) is 6.84. The summed E-state index contributed by atoms with van der Waals surface area (Å²) in [6, 6.07) is 7.24. The zero-order chi connectivity index (χ0) is 25.5. The zero-order valence-corrected chi connectivity index (χ0v) is 20.6. The molecule has 0 atom stereocenters. The minimum atomic E-state index is -4.63. The molecule has 0 fully saturated rings. The van der Waals surface area contributed by atoms with Gasteiger partial charge in [0.05, 0.1) is 39.8 Å². The van der Waals surface area contributed by atoms with Gasteiger partial charge in [0.2, 0.25) is 0 Å². The number of hydrogen-bond acceptors (Lipinski definition) is 9. The van der Waals surface area contributed by atoms with Crippen molar-refractivity contribution < 1.29 is 51.2 Å². The van der Waals surface area contributed by atoms with Gasteiger partial charge in [0, 0.05) is 17.5 Å². The van der Waals surface area contributed by atoms with Gasteiger partial charge in [-0.15, -0.1) is 0 Å². The first-order valence-electron chi connectivity index (χ1n) is 9.54. The number of ether oxygens (including phenoxy) is 5. The Bertz CT molecular complexity index is 1190. The van der Waals surface area contributed by atoms with Crippen molar-refractivity contribution >= 4 is 29.5 Å². The average molecular weight is 516 g/mol. The van der Waals surface area contributed by atoms with E-state index in [-0.39, 0.29) is 17.1 Å². The van der Waals surface area contributed by atoms with Gasteiger partial charge in [-0.05, 0) is 23.8 Å². The summed E-state index contributed by atoms with van der Waals surface area (Å²) in [6.45, 7) is 0. The van der Waals surface area contributed by atoms with Crippen LogP contribution >= 0.6 is 7.60 Å². The highest BCUT2D eigenvalue weighted by Gasteiger charge is 2.22. The number of carbonyl (C=O) groups excluding carboxylic acids is 1. The smallest absolute Gasteiger partial charge is 0.336 e. The van der Waals surface area contributed by atoms with E-state index in [9.17, 15) is 17.8 Å². The number of methoxy groups -OCH3 is 4. The maximum absolute atomic E-state index is 12.7. The number of benzene rings is 2. The van der Waals surface area contributed by atoms with Gasteiger partial charge in [0.25, 0.3) is 0 Å². The maximum atomic E-state index is 12.7. The van der Waals surface area contributed by atoms with E-state index in [1.807, 2.05) is 0 Å². The molecule has 2 N–H and O–H groups in total. The number of sulfone groups is 1. The predicted octanol–water partition coefficient (Wildman–Crippen LogP) is 2.39. The van der Waals surface area contributed by atoms with E-state index in [1.54, 1.807) is 12.1 Å². The van der Waals surface area contributed by atoms with Crippen LogP contribution in [0.4, 0.5) is 0 Å². The summed E-state index contributed by atoms with van der Waals surface area (Å²) < 4.78 is 62.3. The van der Waals surface area contributed by atoms with Crippen molar-refractivity contribution in [1.82, 2.24) is 0 Å². The lowest BCUT2D eigenvalue weighted by atomic mass is 10.1. The highest BCUT2D eigenvalue weighted by atomic mass is 32.2. The van der Waals surface area contributed by atoms with Crippen molar-refractivity contribution in [2.24, 2.45) is 0 Å². The third kappa shape index (κ3) is 7.77. The Morgan fingerprint density at radius 2 is 1.50 bits per heavy atom. The van der Waals surface area contributed by atoms with Crippen LogP contribution in [0.5, 0.6) is 28.7 Å². The van der Waals surface area contributed by atoms with E-state index in [2.05, 4.69) is 0 Å². The van der Waals surface area contributed by atoms with E-state index in [4.69, 9.17) is 33.5 Å². The summed E-state index contributed by atoms with van der Waals surface area (Å²) in [6.07, 6.45) is 0.198. The maximum Gasteiger partial charge on any atom is 0.336 e. The van der Waals surface area contributed by atoms with Crippen molar-refractivity contribution in [3.63, 3.8) is 0 Å². The Hall–Kier alpha value is -3.05. The Labute approximate surface area is 196 Å². The largest absolute Gasteiger partial charge is 0.496 e. The minimum Gasteiger partial charge on any atom is -0.496 e. The first-order valence-corrected chi connectivity index (χ1v) is 13.1. The van der Waals surface area contributed by atoms with Gasteiger partial charge in [-0.2, -0.15) is 0 Å². The molecule has 0 radical (unpaired) electrons. The molecule has 186 valence electrons. The molecule has 0 bridgehead atoms. The Morgan fingerprint density at radius 1 is 0.912 bits per heavy atom. The summed E-state index contributed by atoms with van der Waals surface area (Å²) in [4.78, 5) is 29.6. The molecule has 0 amide bonds. The number of carbonyl (C=O) groups is 1. The third-order valence-electron chi connectivity index (χ3n) is 4.35. The molecule has 34 heavy (non-hydrogen) atoms. The zero-order valence-electron chi connectivity index (χ0n) is 18.9. The molecule has 2 aromatic carbocycles. The fraction of sp³-hybridized carbons (Fsp3) is 0.286. The van der Waals surface area contributed by atoms with Gasteiger partial charge in [-0.1, -0.05) is 6.07 Å². The normalized spacial score (nSPS) is 11.8. The van der Waals surface area contributed by atoms with Crippen molar-refractivity contribution in [1.29, 1.82) is 0 Å². The lowest BCUT2D eigenvalue weighted by molar-refractivity contribution is -0.131. The molecule has 0 aliphatic carbocycles. The van der Waals surface area contributed by atoms with Gasteiger partial charge in [0.1, 0.15) is 23.4 Å². The van der Waals surface area contributed by atoms with Crippen molar-refractivity contribution in [3.05, 3.63) is 46.9 Å². The van der Waals surface area contributed by atoms with E-state index in [0.29, 0.717) is 22.8 Å². The molecule has 13 heteroatoms. The molecule has 0 saturated carbocycles. The molecule has 0 aromatic heterocycles. The molecule has 0 unspecified atom stereocenters. The van der Waals surface area contributed by atoms with Crippen LogP contribution in [-0.2, 0) is 24.9 Å². The molecule has 2 aromatic rings. The second-order valence-corrected chi connectivity index (χ2v) is 10.4. The van der Waals surface area contributed by atoms with E-state index < -0.39 is 35.3 Å². The van der Waals surface area contributed by atoms with Gasteiger partial charge >= 0.3 is 13.6 Å². The Morgan fingerprint density at radius 3 is 2.00 bits per heavy atom. The fourth-order valence-corrected chi connectivity index (χ4v) is 4.35. The van der Waals surface area contributed by atoms with Crippen LogP contribution in [0.15, 0.2) is 35.7 Å². The fourth-order valence-electron chi connectivity index (χ4n) is 2.86. The van der Waals surface area contributed by atoms with Crippen LogP contribution in [0, 0.1) is 0 Å². The number of rotatable bonds is 11. The van der Waals surface area contributed by atoms with Gasteiger partial charge < -0.3 is 33.5 Å². The van der Waals surface area contributed by atoms with Crippen LogP contribution < -0.4 is 23.7 Å². The lowest BCUT2D eigenvalue weighted by Crippen LogP contribution is -2.14. The van der Waals surface area contributed by atoms with E-state index in [1.165, 1.54) is 52.7 Å². The molecule has 2 rings (SSSR count). The summed E-state index contributed by atoms with van der Waals surface area (Å²) >= 11 is 0. The SMILES string of the molecule is COc1cc(OC)c(/C=C/S(=O)(=O)Cc2ccc(OC)c(OC(=O)CP(=O)(O)O)c2)c(OC)c1. The second kappa shape index (κ2) is 11.4. The van der Waals surface area contributed by atoms with Gasteiger partial charge in [0.15, 0.2) is 21.3 Å². The van der Waals surface area contributed by atoms with Gasteiger partial charge in [-0.25, -0.2) is 8.42 Å². The molecule has 11 nitrogen and oxygen atoms in total. The molecule has 0 aliphatic rings. The predicted molar refractivity (Wildman–Crippen MR) is 123 cm³/mol. The highest BCUT2D eigenvalue weighted by molar-refractivity contribution is 7.93. The van der Waals surface area contributed by atoms with Crippen molar-refractivity contribution in [2.45, 2.75) is 5.75 Å². The van der Waals surface area contributed by atoms with E-state index >= 15 is 0 Å². The van der Waals surface area contributed by atoms with Crippen molar-refractivity contribution in [2.75, 3.05) is 34.6 Å². The Kier molecular flexibility index (Phi) is 9.11. The van der Waals surface area contributed by atoms with Crippen LogP contribution in [0.25, 0.3) is 6.08 Å². The van der Waals surface area contributed by atoms with Crippen LogP contribution in [-0.4, -0.2) is 58.8 Å². The summed E-state index contributed by atoms with van der Waals surface area (Å²) in [5.41, 5.74) is 0.634. The summed E-state index contributed by atoms with van der Waals surface area (Å²) in [5.74, 6) is -0.590. The quantitative estimate of drug-likeness (QED) is 0.257. The van der Waals surface area contributed by atoms with Gasteiger partial charge in [-0.3, -0.25) is 9.36 Å². The average Bonchev–Trinajstić information content (AvgIpc) is 2.75. The number of esters is 1. The van der Waals surface area contributed by atoms with Crippen LogP contribution in [0.3, 0.4) is 0 Å². The lowest BCUT2D eigenvalue weighted by Gasteiger charge is -2.13. The standard InChI is InChI=1S/C21H25O11PS/c1-28-15-10-18(30-3)16(19(11-15)31-4)7-8-34(26,27)13-14-5-6-17(29-2)20(9-14)32-21(22)12-33(23,24)25/h5-11H,12-13H2,1-4H3,(H2,23,24,25)/b8-7+. The minimum absolute atomic E-state index is 0.0865. The molecule has 0 spiro atoms. The molecular formula is C21H25O11PS. The first-order chi connectivity index (χ1) is 15.9. The monoisotopic (exact) mass is 516 g/mol. The Balaban J connectivity index is 2.31. The molecule has 0 aliphatic heterocycles. The van der Waals surface area contributed by atoms with Crippen molar-refractivity contribution in [3.8, 4) is 28.7 Å². The topological polar surface area (TPSA) is 155 Å². The molecule has 0 heterocycles. The molecule has 0 saturated heterocycles. The summed E-state index contributed by atoms with van der Waals surface area (Å²) in [7, 11) is -2.84. The number of hydrogen-bond donors (Lipinski definition) is 2. The summed E-state index contributed by atoms with van der Waals surface area (Å²) in [5, 5.41) is 0.990. The highest BCUT2D eigenvalue weighted by Crippen LogP contribution is 2.37. The molecular weight excluding hydrogens is 491 g/mol. The van der Waals surface area contributed by atoms with Crippen LogP contribution in [0.2, 0.25) is 0 Å². The third-order valence-corrected chi connectivity index (χ3v) is 6.31.